The van der Waals surface area contributed by atoms with Crippen molar-refractivity contribution < 1.29 is 19.6 Å². The molecule has 7 heteroatoms. The van der Waals surface area contributed by atoms with E-state index >= 15 is 0 Å². The van der Waals surface area contributed by atoms with Gasteiger partial charge in [0.15, 0.2) is 0 Å². The van der Waals surface area contributed by atoms with E-state index in [1.54, 1.807) is 0 Å². The van der Waals surface area contributed by atoms with Gasteiger partial charge in [0.25, 0.3) is 5.69 Å². The van der Waals surface area contributed by atoms with Crippen LogP contribution in [0, 0.1) is 10.1 Å². The number of anilines is 1. The second kappa shape index (κ2) is 4.75. The highest BCUT2D eigenvalue weighted by Gasteiger charge is 2.35. The number of carboxylic acid groups (broad SMARTS) is 1. The average Bonchev–Trinajstić information content (AvgIpc) is 2.47. The van der Waals surface area contributed by atoms with E-state index in [9.17, 15) is 14.9 Å². The van der Waals surface area contributed by atoms with Gasteiger partial charge < -0.3 is 14.7 Å². The first-order chi connectivity index (χ1) is 9.54. The molecule has 3 aliphatic heterocycles. The smallest absolute Gasteiger partial charge is 0.336 e. The molecule has 1 N–H and O–H groups in total. The van der Waals surface area contributed by atoms with Crippen LogP contribution in [-0.2, 0) is 4.74 Å². The minimum atomic E-state index is -1.16. The maximum atomic E-state index is 11.1. The van der Waals surface area contributed by atoms with E-state index in [0.29, 0.717) is 18.8 Å². The van der Waals surface area contributed by atoms with Gasteiger partial charge in [-0.25, -0.2) is 4.79 Å². The number of ether oxygens (including phenoxy) is 1. The van der Waals surface area contributed by atoms with Crippen LogP contribution in [-0.4, -0.2) is 41.3 Å². The highest BCUT2D eigenvalue weighted by atomic mass is 16.6. The van der Waals surface area contributed by atoms with Gasteiger partial charge in [-0.1, -0.05) is 0 Å². The zero-order chi connectivity index (χ0) is 14.3. The van der Waals surface area contributed by atoms with Gasteiger partial charge >= 0.3 is 5.97 Å². The molecule has 0 aromatic heterocycles. The minimum Gasteiger partial charge on any atom is -0.478 e. The SMILES string of the molecule is O=C(O)c1cc(N2CC3CCC2CO3)cc([N+](=O)[O-])c1. The summed E-state index contributed by atoms with van der Waals surface area (Å²) in [6, 6.07) is 4.19. The molecule has 2 bridgehead atoms. The van der Waals surface area contributed by atoms with E-state index < -0.39 is 10.9 Å². The van der Waals surface area contributed by atoms with Gasteiger partial charge in [0.1, 0.15) is 0 Å². The Labute approximate surface area is 114 Å². The van der Waals surface area contributed by atoms with Crippen molar-refractivity contribution in [2.45, 2.75) is 25.0 Å². The van der Waals surface area contributed by atoms with Gasteiger partial charge in [0.2, 0.25) is 0 Å². The lowest BCUT2D eigenvalue weighted by Gasteiger charge is -2.46. The van der Waals surface area contributed by atoms with Crippen molar-refractivity contribution in [2.75, 3.05) is 18.1 Å². The molecule has 3 fully saturated rings. The molecule has 2 atom stereocenters. The number of hydrogen-bond donors (Lipinski definition) is 1. The summed E-state index contributed by atoms with van der Waals surface area (Å²) >= 11 is 0. The first-order valence-corrected chi connectivity index (χ1v) is 6.45. The highest BCUT2D eigenvalue weighted by molar-refractivity contribution is 5.90. The number of morpholine rings is 1. The molecule has 1 aromatic carbocycles. The minimum absolute atomic E-state index is 0.0587. The molecule has 1 aromatic rings. The summed E-state index contributed by atoms with van der Waals surface area (Å²) in [6.07, 6.45) is 2.09. The van der Waals surface area contributed by atoms with E-state index in [4.69, 9.17) is 9.84 Å². The zero-order valence-corrected chi connectivity index (χ0v) is 10.7. The largest absolute Gasteiger partial charge is 0.478 e. The highest BCUT2D eigenvalue weighted by Crippen LogP contribution is 2.33. The molecule has 3 saturated heterocycles. The van der Waals surface area contributed by atoms with Gasteiger partial charge in [-0.3, -0.25) is 10.1 Å². The third-order valence-corrected chi connectivity index (χ3v) is 3.88. The van der Waals surface area contributed by atoms with Crippen LogP contribution < -0.4 is 4.90 Å². The molecule has 7 nitrogen and oxygen atoms in total. The Morgan fingerprint density at radius 1 is 1.40 bits per heavy atom. The fraction of sp³-hybridized carbons (Fsp3) is 0.462. The summed E-state index contributed by atoms with van der Waals surface area (Å²) in [5.74, 6) is -1.16. The predicted octanol–water partition coefficient (Wildman–Crippen LogP) is 1.66. The number of carbonyl (C=O) groups is 1. The van der Waals surface area contributed by atoms with Crippen LogP contribution in [0.3, 0.4) is 0 Å². The number of benzene rings is 1. The van der Waals surface area contributed by atoms with Crippen LogP contribution in [0.15, 0.2) is 18.2 Å². The Bertz CT molecular complexity index is 534. The lowest BCUT2D eigenvalue weighted by atomic mass is 9.96. The lowest BCUT2D eigenvalue weighted by Crippen LogP contribution is -2.54. The number of fused-ring (bicyclic) bond motifs is 3. The standard InChI is InChI=1S/C13H14N2O5/c16-13(17)8-3-10(5-11(4-8)15(18)19)14-6-12-2-1-9(14)7-20-12/h3-5,9,12H,1-2,6-7H2,(H,16,17). The molecule has 4 rings (SSSR count). The van der Waals surface area contributed by atoms with Crippen LogP contribution in [0.5, 0.6) is 0 Å². The third-order valence-electron chi connectivity index (χ3n) is 3.88. The van der Waals surface area contributed by atoms with Crippen molar-refractivity contribution in [3.05, 3.63) is 33.9 Å². The third kappa shape index (κ3) is 2.20. The predicted molar refractivity (Wildman–Crippen MR) is 70.2 cm³/mol. The van der Waals surface area contributed by atoms with Crippen molar-refractivity contribution >= 4 is 17.3 Å². The normalized spacial score (nSPS) is 24.7. The molecule has 20 heavy (non-hydrogen) atoms. The number of carboxylic acids is 1. The quantitative estimate of drug-likeness (QED) is 0.667. The van der Waals surface area contributed by atoms with E-state index in [2.05, 4.69) is 0 Å². The number of aromatic carboxylic acids is 1. The van der Waals surface area contributed by atoms with Crippen LogP contribution >= 0.6 is 0 Å². The molecular weight excluding hydrogens is 264 g/mol. The van der Waals surface area contributed by atoms with Crippen molar-refractivity contribution in [2.24, 2.45) is 0 Å². The monoisotopic (exact) mass is 278 g/mol. The number of rotatable bonds is 3. The summed E-state index contributed by atoms with van der Waals surface area (Å²) in [5, 5.41) is 20.0. The molecule has 3 heterocycles. The summed E-state index contributed by atoms with van der Waals surface area (Å²) in [7, 11) is 0. The molecule has 0 amide bonds. The molecule has 106 valence electrons. The molecule has 3 aliphatic rings. The number of non-ortho nitro benzene ring substituents is 1. The van der Waals surface area contributed by atoms with E-state index in [-0.39, 0.29) is 23.4 Å². The summed E-state index contributed by atoms with van der Waals surface area (Å²) in [5.41, 5.74) is 0.341. The second-order valence-corrected chi connectivity index (χ2v) is 5.14. The molecule has 0 saturated carbocycles. The van der Waals surface area contributed by atoms with Gasteiger partial charge in [-0.15, -0.1) is 0 Å². The summed E-state index contributed by atoms with van der Waals surface area (Å²) < 4.78 is 5.59. The van der Waals surface area contributed by atoms with E-state index in [0.717, 1.165) is 18.9 Å². The Hall–Kier alpha value is -2.15. The number of piperidine rings is 1. The molecular formula is C13H14N2O5. The van der Waals surface area contributed by atoms with Crippen LogP contribution in [0.2, 0.25) is 0 Å². The number of hydrogen-bond acceptors (Lipinski definition) is 5. The lowest BCUT2D eigenvalue weighted by molar-refractivity contribution is -0.384. The Balaban J connectivity index is 2.00. The summed E-state index contributed by atoms with van der Waals surface area (Å²) in [6.45, 7) is 1.25. The second-order valence-electron chi connectivity index (χ2n) is 5.14. The van der Waals surface area contributed by atoms with Crippen molar-refractivity contribution in [1.29, 1.82) is 0 Å². The topological polar surface area (TPSA) is 92.9 Å². The van der Waals surface area contributed by atoms with E-state index in [1.165, 1.54) is 12.1 Å². The Morgan fingerprint density at radius 2 is 2.20 bits per heavy atom. The first kappa shape index (κ1) is 12.9. The van der Waals surface area contributed by atoms with Crippen molar-refractivity contribution in [3.8, 4) is 0 Å². The van der Waals surface area contributed by atoms with Crippen LogP contribution in [0.4, 0.5) is 11.4 Å². The summed E-state index contributed by atoms with van der Waals surface area (Å²) in [4.78, 5) is 23.5. The maximum absolute atomic E-state index is 11.1. The van der Waals surface area contributed by atoms with Crippen LogP contribution in [0.25, 0.3) is 0 Å². The number of nitrogens with zero attached hydrogens (tertiary/aromatic N) is 2. The fourth-order valence-corrected chi connectivity index (χ4v) is 2.86. The van der Waals surface area contributed by atoms with Gasteiger partial charge in [-0.2, -0.15) is 0 Å². The van der Waals surface area contributed by atoms with Gasteiger partial charge in [0, 0.05) is 24.4 Å². The molecule has 2 unspecified atom stereocenters. The van der Waals surface area contributed by atoms with Gasteiger partial charge in [0.05, 0.1) is 29.2 Å². The Morgan fingerprint density at radius 3 is 2.70 bits per heavy atom. The molecule has 0 radical (unpaired) electrons. The Kier molecular flexibility index (Phi) is 3.06. The fourth-order valence-electron chi connectivity index (χ4n) is 2.86. The number of nitro groups is 1. The van der Waals surface area contributed by atoms with Crippen LogP contribution in [0.1, 0.15) is 23.2 Å². The first-order valence-electron chi connectivity index (χ1n) is 6.45. The molecule has 0 aliphatic carbocycles. The van der Waals surface area contributed by atoms with E-state index in [1.807, 2.05) is 4.90 Å². The van der Waals surface area contributed by atoms with Crippen molar-refractivity contribution in [3.63, 3.8) is 0 Å². The van der Waals surface area contributed by atoms with Crippen molar-refractivity contribution in [1.82, 2.24) is 0 Å². The number of nitro benzene ring substituents is 1. The van der Waals surface area contributed by atoms with Gasteiger partial charge in [-0.05, 0) is 18.9 Å². The maximum Gasteiger partial charge on any atom is 0.336 e. The zero-order valence-electron chi connectivity index (χ0n) is 10.7. The molecule has 0 spiro atoms. The average molecular weight is 278 g/mol.